The molecular formula is C16H26N2O. The first-order valence-electron chi connectivity index (χ1n) is 7.30. The van der Waals surface area contributed by atoms with Gasteiger partial charge in [-0.15, -0.1) is 0 Å². The van der Waals surface area contributed by atoms with E-state index in [1.165, 1.54) is 24.8 Å². The molecule has 0 radical (unpaired) electrons. The minimum atomic E-state index is 0.586. The molecule has 1 heterocycles. The third-order valence-corrected chi connectivity index (χ3v) is 4.23. The van der Waals surface area contributed by atoms with Crippen molar-refractivity contribution >= 4 is 5.69 Å². The molecule has 1 aromatic carbocycles. The highest BCUT2D eigenvalue weighted by atomic mass is 16.5. The monoisotopic (exact) mass is 262 g/mol. The molecule has 1 aromatic rings. The van der Waals surface area contributed by atoms with Gasteiger partial charge in [-0.3, -0.25) is 0 Å². The summed E-state index contributed by atoms with van der Waals surface area (Å²) in [7, 11) is 2.24. The second-order valence-electron chi connectivity index (χ2n) is 5.68. The third-order valence-electron chi connectivity index (χ3n) is 4.23. The van der Waals surface area contributed by atoms with E-state index >= 15 is 0 Å². The van der Waals surface area contributed by atoms with Crippen molar-refractivity contribution < 1.29 is 4.74 Å². The Hall–Kier alpha value is -1.06. The van der Waals surface area contributed by atoms with E-state index in [1.54, 1.807) is 0 Å². The SMILES string of the molecule is CC(CCN(C)C1CCOCC1)c1ccc(N)cc1. The number of anilines is 1. The summed E-state index contributed by atoms with van der Waals surface area (Å²) in [6.45, 7) is 5.28. The van der Waals surface area contributed by atoms with Crippen LogP contribution in [0, 0.1) is 0 Å². The van der Waals surface area contributed by atoms with Crippen LogP contribution >= 0.6 is 0 Å². The zero-order chi connectivity index (χ0) is 13.7. The molecule has 1 aliphatic heterocycles. The number of nitrogens with two attached hydrogens (primary N) is 1. The van der Waals surface area contributed by atoms with Gasteiger partial charge in [-0.05, 0) is 56.5 Å². The quantitative estimate of drug-likeness (QED) is 0.829. The van der Waals surface area contributed by atoms with Crippen molar-refractivity contribution in [2.24, 2.45) is 0 Å². The lowest BCUT2D eigenvalue weighted by molar-refractivity contribution is 0.0423. The summed E-state index contributed by atoms with van der Waals surface area (Å²) in [6, 6.07) is 8.98. The van der Waals surface area contributed by atoms with Crippen LogP contribution in [0.25, 0.3) is 0 Å². The molecule has 106 valence electrons. The molecule has 0 amide bonds. The second-order valence-corrected chi connectivity index (χ2v) is 5.68. The zero-order valence-corrected chi connectivity index (χ0v) is 12.1. The largest absolute Gasteiger partial charge is 0.399 e. The first-order chi connectivity index (χ1) is 9.16. The Labute approximate surface area is 116 Å². The standard InChI is InChI=1S/C16H26N2O/c1-13(14-3-5-15(17)6-4-14)7-10-18(2)16-8-11-19-12-9-16/h3-6,13,16H,7-12,17H2,1-2H3. The Morgan fingerprint density at radius 3 is 2.53 bits per heavy atom. The molecule has 1 aliphatic rings. The van der Waals surface area contributed by atoms with Crippen molar-refractivity contribution in [1.29, 1.82) is 0 Å². The van der Waals surface area contributed by atoms with Gasteiger partial charge in [-0.1, -0.05) is 19.1 Å². The van der Waals surface area contributed by atoms with Gasteiger partial charge in [0, 0.05) is 24.9 Å². The van der Waals surface area contributed by atoms with Gasteiger partial charge >= 0.3 is 0 Å². The minimum Gasteiger partial charge on any atom is -0.399 e. The van der Waals surface area contributed by atoms with Crippen LogP contribution in [0.3, 0.4) is 0 Å². The fourth-order valence-electron chi connectivity index (χ4n) is 2.70. The average Bonchev–Trinajstić information content (AvgIpc) is 2.46. The van der Waals surface area contributed by atoms with E-state index in [9.17, 15) is 0 Å². The van der Waals surface area contributed by atoms with Crippen molar-refractivity contribution in [3.8, 4) is 0 Å². The van der Waals surface area contributed by atoms with E-state index in [1.807, 2.05) is 12.1 Å². The molecule has 0 spiro atoms. The van der Waals surface area contributed by atoms with Crippen LogP contribution in [0.5, 0.6) is 0 Å². The van der Waals surface area contributed by atoms with Crippen molar-refractivity contribution in [2.45, 2.75) is 38.1 Å². The van der Waals surface area contributed by atoms with Crippen LogP contribution in [0.15, 0.2) is 24.3 Å². The fourth-order valence-corrected chi connectivity index (χ4v) is 2.70. The molecule has 19 heavy (non-hydrogen) atoms. The van der Waals surface area contributed by atoms with Gasteiger partial charge < -0.3 is 15.4 Å². The van der Waals surface area contributed by atoms with Crippen LogP contribution in [-0.2, 0) is 4.74 Å². The summed E-state index contributed by atoms with van der Waals surface area (Å²) >= 11 is 0. The molecule has 0 aromatic heterocycles. The van der Waals surface area contributed by atoms with Crippen molar-refractivity contribution in [3.63, 3.8) is 0 Å². The van der Waals surface area contributed by atoms with Gasteiger partial charge in [0.05, 0.1) is 0 Å². The van der Waals surface area contributed by atoms with Gasteiger partial charge in [0.1, 0.15) is 0 Å². The molecule has 1 atom stereocenters. The van der Waals surface area contributed by atoms with Gasteiger partial charge in [-0.25, -0.2) is 0 Å². The molecule has 1 fully saturated rings. The van der Waals surface area contributed by atoms with Crippen LogP contribution in [0.1, 0.15) is 37.7 Å². The number of rotatable bonds is 5. The molecule has 2 rings (SSSR count). The van der Waals surface area contributed by atoms with Crippen molar-refractivity contribution in [1.82, 2.24) is 4.90 Å². The number of nitrogens with zero attached hydrogens (tertiary/aromatic N) is 1. The van der Waals surface area contributed by atoms with Crippen LogP contribution in [-0.4, -0.2) is 37.7 Å². The molecular weight excluding hydrogens is 236 g/mol. The number of hydrogen-bond acceptors (Lipinski definition) is 3. The van der Waals surface area contributed by atoms with E-state index in [0.717, 1.165) is 25.4 Å². The van der Waals surface area contributed by atoms with Crippen LogP contribution < -0.4 is 5.73 Å². The minimum absolute atomic E-state index is 0.586. The lowest BCUT2D eigenvalue weighted by Gasteiger charge is -2.31. The molecule has 0 aliphatic carbocycles. The smallest absolute Gasteiger partial charge is 0.0480 e. The maximum Gasteiger partial charge on any atom is 0.0480 e. The molecule has 1 unspecified atom stereocenters. The summed E-state index contributed by atoms with van der Waals surface area (Å²) in [5.74, 6) is 0.586. The number of ether oxygens (including phenoxy) is 1. The zero-order valence-electron chi connectivity index (χ0n) is 12.1. The fraction of sp³-hybridized carbons (Fsp3) is 0.625. The summed E-state index contributed by atoms with van der Waals surface area (Å²) in [6.07, 6.45) is 3.54. The topological polar surface area (TPSA) is 38.5 Å². The summed E-state index contributed by atoms with van der Waals surface area (Å²) in [5.41, 5.74) is 7.95. The highest BCUT2D eigenvalue weighted by Crippen LogP contribution is 2.21. The molecule has 2 N–H and O–H groups in total. The first kappa shape index (κ1) is 14.4. The Kier molecular flexibility index (Phi) is 5.23. The highest BCUT2D eigenvalue weighted by Gasteiger charge is 2.18. The molecule has 1 saturated heterocycles. The molecule has 3 heteroatoms. The van der Waals surface area contributed by atoms with E-state index < -0.39 is 0 Å². The van der Waals surface area contributed by atoms with E-state index in [2.05, 4.69) is 31.0 Å². The Morgan fingerprint density at radius 2 is 1.89 bits per heavy atom. The molecule has 0 saturated carbocycles. The Morgan fingerprint density at radius 1 is 1.26 bits per heavy atom. The number of benzene rings is 1. The van der Waals surface area contributed by atoms with Gasteiger partial charge in [-0.2, -0.15) is 0 Å². The van der Waals surface area contributed by atoms with E-state index in [-0.39, 0.29) is 0 Å². The normalized spacial score (nSPS) is 18.7. The average molecular weight is 262 g/mol. The van der Waals surface area contributed by atoms with Gasteiger partial charge in [0.15, 0.2) is 0 Å². The summed E-state index contributed by atoms with van der Waals surface area (Å²) in [5, 5.41) is 0. The lowest BCUT2D eigenvalue weighted by atomic mass is 9.97. The Bertz CT molecular complexity index is 371. The Balaban J connectivity index is 1.79. The second kappa shape index (κ2) is 6.92. The predicted octanol–water partition coefficient (Wildman–Crippen LogP) is 2.87. The van der Waals surface area contributed by atoms with Gasteiger partial charge in [0.25, 0.3) is 0 Å². The number of nitrogen functional groups attached to an aromatic ring is 1. The maximum absolute atomic E-state index is 5.73. The summed E-state index contributed by atoms with van der Waals surface area (Å²) in [4.78, 5) is 2.50. The third kappa shape index (κ3) is 4.22. The number of hydrogen-bond donors (Lipinski definition) is 1. The van der Waals surface area contributed by atoms with Crippen LogP contribution in [0.2, 0.25) is 0 Å². The molecule has 0 bridgehead atoms. The summed E-state index contributed by atoms with van der Waals surface area (Å²) < 4.78 is 5.42. The molecule has 3 nitrogen and oxygen atoms in total. The van der Waals surface area contributed by atoms with E-state index in [4.69, 9.17) is 10.5 Å². The lowest BCUT2D eigenvalue weighted by Crippen LogP contribution is -2.37. The van der Waals surface area contributed by atoms with Crippen molar-refractivity contribution in [3.05, 3.63) is 29.8 Å². The van der Waals surface area contributed by atoms with Crippen molar-refractivity contribution in [2.75, 3.05) is 32.5 Å². The van der Waals surface area contributed by atoms with Gasteiger partial charge in [0.2, 0.25) is 0 Å². The van der Waals surface area contributed by atoms with E-state index in [0.29, 0.717) is 12.0 Å². The maximum atomic E-state index is 5.73. The highest BCUT2D eigenvalue weighted by molar-refractivity contribution is 5.40. The predicted molar refractivity (Wildman–Crippen MR) is 80.4 cm³/mol. The van der Waals surface area contributed by atoms with Crippen LogP contribution in [0.4, 0.5) is 5.69 Å². The first-order valence-corrected chi connectivity index (χ1v) is 7.30.